The van der Waals surface area contributed by atoms with Crippen molar-refractivity contribution in [2.45, 2.75) is 13.3 Å². The van der Waals surface area contributed by atoms with Crippen LogP contribution in [0.4, 0.5) is 0 Å². The second-order valence-electron chi connectivity index (χ2n) is 2.01. The molecule has 2 N–H and O–H groups in total. The van der Waals surface area contributed by atoms with E-state index in [2.05, 4.69) is 12.2 Å². The molecule has 0 aliphatic rings. The zero-order valence-corrected chi connectivity index (χ0v) is 5.65. The second-order valence-corrected chi connectivity index (χ2v) is 2.01. The van der Waals surface area contributed by atoms with Gasteiger partial charge in [0.1, 0.15) is 0 Å². The Bertz CT molecular complexity index is 43.8. The van der Waals surface area contributed by atoms with Crippen LogP contribution in [0.25, 0.3) is 0 Å². The van der Waals surface area contributed by atoms with Crippen LogP contribution < -0.4 is 5.32 Å². The third kappa shape index (κ3) is 2.99. The molecule has 0 aliphatic carbocycles. The molecule has 50 valence electrons. The summed E-state index contributed by atoms with van der Waals surface area (Å²) in [5, 5.41) is 11.6. The van der Waals surface area contributed by atoms with Gasteiger partial charge >= 0.3 is 0 Å². The summed E-state index contributed by atoms with van der Waals surface area (Å²) in [4.78, 5) is 0. The SMILES string of the molecule is CC[C@H](CO)CNC. The first-order valence-corrected chi connectivity index (χ1v) is 3.10. The van der Waals surface area contributed by atoms with E-state index in [1.165, 1.54) is 0 Å². The zero-order chi connectivity index (χ0) is 6.41. The standard InChI is InChI=1S/C6H15NO/c1-3-6(5-8)4-7-2/h6-8H,3-5H2,1-2H3/t6-/m0/s1. The van der Waals surface area contributed by atoms with Crippen molar-refractivity contribution < 1.29 is 5.11 Å². The first-order chi connectivity index (χ1) is 3.85. The average Bonchev–Trinajstić information content (AvgIpc) is 1.83. The lowest BCUT2D eigenvalue weighted by Crippen LogP contribution is -2.20. The highest BCUT2D eigenvalue weighted by Crippen LogP contribution is 1.96. The fourth-order valence-electron chi connectivity index (χ4n) is 0.627. The Morgan fingerprint density at radius 1 is 1.62 bits per heavy atom. The van der Waals surface area contributed by atoms with Crippen molar-refractivity contribution in [1.29, 1.82) is 0 Å². The fourth-order valence-corrected chi connectivity index (χ4v) is 0.627. The van der Waals surface area contributed by atoms with Crippen molar-refractivity contribution in [2.75, 3.05) is 20.2 Å². The maximum Gasteiger partial charge on any atom is 0.0471 e. The van der Waals surface area contributed by atoms with Crippen molar-refractivity contribution in [3.05, 3.63) is 0 Å². The predicted octanol–water partition coefficient (Wildman–Crippen LogP) is 0.224. The molecule has 0 unspecified atom stereocenters. The molecule has 2 heteroatoms. The van der Waals surface area contributed by atoms with Gasteiger partial charge in [-0.3, -0.25) is 0 Å². The van der Waals surface area contributed by atoms with Gasteiger partial charge in [-0.2, -0.15) is 0 Å². The Morgan fingerprint density at radius 3 is 2.38 bits per heavy atom. The van der Waals surface area contributed by atoms with Crippen LogP contribution in [0, 0.1) is 5.92 Å². The van der Waals surface area contributed by atoms with E-state index < -0.39 is 0 Å². The smallest absolute Gasteiger partial charge is 0.0471 e. The van der Waals surface area contributed by atoms with Crippen molar-refractivity contribution in [1.82, 2.24) is 5.32 Å². The van der Waals surface area contributed by atoms with Crippen LogP contribution in [-0.4, -0.2) is 25.3 Å². The normalized spacial score (nSPS) is 13.9. The quantitative estimate of drug-likeness (QED) is 0.552. The van der Waals surface area contributed by atoms with Gasteiger partial charge in [0.25, 0.3) is 0 Å². The van der Waals surface area contributed by atoms with E-state index in [0.717, 1.165) is 13.0 Å². The second kappa shape index (κ2) is 5.06. The van der Waals surface area contributed by atoms with Gasteiger partial charge in [0.05, 0.1) is 0 Å². The van der Waals surface area contributed by atoms with E-state index in [0.29, 0.717) is 12.5 Å². The van der Waals surface area contributed by atoms with E-state index in [-0.39, 0.29) is 0 Å². The lowest BCUT2D eigenvalue weighted by atomic mass is 10.1. The van der Waals surface area contributed by atoms with Crippen LogP contribution in [0.3, 0.4) is 0 Å². The molecule has 1 atom stereocenters. The third-order valence-corrected chi connectivity index (χ3v) is 1.33. The molecule has 0 aromatic rings. The number of rotatable bonds is 4. The summed E-state index contributed by atoms with van der Waals surface area (Å²) in [5.74, 6) is 0.444. The lowest BCUT2D eigenvalue weighted by molar-refractivity contribution is 0.221. The highest BCUT2D eigenvalue weighted by atomic mass is 16.3. The van der Waals surface area contributed by atoms with Crippen LogP contribution >= 0.6 is 0 Å². The van der Waals surface area contributed by atoms with E-state index >= 15 is 0 Å². The van der Waals surface area contributed by atoms with Crippen LogP contribution in [0.1, 0.15) is 13.3 Å². The Morgan fingerprint density at radius 2 is 2.25 bits per heavy atom. The van der Waals surface area contributed by atoms with Crippen LogP contribution in [-0.2, 0) is 0 Å². The lowest BCUT2D eigenvalue weighted by Gasteiger charge is -2.08. The van der Waals surface area contributed by atoms with E-state index in [1.54, 1.807) is 0 Å². The number of hydrogen-bond donors (Lipinski definition) is 2. The summed E-state index contributed by atoms with van der Waals surface area (Å²) in [6.07, 6.45) is 1.05. The number of aliphatic hydroxyl groups is 1. The largest absolute Gasteiger partial charge is 0.396 e. The van der Waals surface area contributed by atoms with Gasteiger partial charge in [-0.1, -0.05) is 6.92 Å². The fraction of sp³-hybridized carbons (Fsp3) is 1.00. The van der Waals surface area contributed by atoms with Gasteiger partial charge in [0, 0.05) is 6.61 Å². The van der Waals surface area contributed by atoms with E-state index in [1.807, 2.05) is 7.05 Å². The van der Waals surface area contributed by atoms with Gasteiger partial charge in [0.2, 0.25) is 0 Å². The molecule has 8 heavy (non-hydrogen) atoms. The monoisotopic (exact) mass is 117 g/mol. The molecule has 0 aromatic heterocycles. The summed E-state index contributed by atoms with van der Waals surface area (Å²) in [5.41, 5.74) is 0. The van der Waals surface area contributed by atoms with Crippen LogP contribution in [0.5, 0.6) is 0 Å². The van der Waals surface area contributed by atoms with Crippen molar-refractivity contribution in [3.8, 4) is 0 Å². The molecule has 2 nitrogen and oxygen atoms in total. The maximum absolute atomic E-state index is 8.62. The molecule has 0 saturated heterocycles. The molecular formula is C6H15NO. The number of hydrogen-bond acceptors (Lipinski definition) is 2. The number of nitrogens with one attached hydrogen (secondary N) is 1. The summed E-state index contributed by atoms with van der Waals surface area (Å²) in [6.45, 7) is 3.31. The topological polar surface area (TPSA) is 32.3 Å². The third-order valence-electron chi connectivity index (χ3n) is 1.33. The van der Waals surface area contributed by atoms with Crippen molar-refractivity contribution in [2.24, 2.45) is 5.92 Å². The molecule has 0 aromatic carbocycles. The summed E-state index contributed by atoms with van der Waals surface area (Å²) < 4.78 is 0. The molecule has 0 rings (SSSR count). The summed E-state index contributed by atoms with van der Waals surface area (Å²) >= 11 is 0. The van der Waals surface area contributed by atoms with Crippen LogP contribution in [0.15, 0.2) is 0 Å². The highest BCUT2D eigenvalue weighted by molar-refractivity contribution is 4.55. The highest BCUT2D eigenvalue weighted by Gasteiger charge is 1.99. The Kier molecular flexibility index (Phi) is 5.01. The Labute approximate surface area is 50.9 Å². The maximum atomic E-state index is 8.62. The molecule has 0 fully saturated rings. The minimum atomic E-state index is 0.303. The molecule has 0 aliphatic heterocycles. The molecule has 0 radical (unpaired) electrons. The Hall–Kier alpha value is -0.0800. The van der Waals surface area contributed by atoms with E-state index in [9.17, 15) is 0 Å². The van der Waals surface area contributed by atoms with Gasteiger partial charge in [-0.25, -0.2) is 0 Å². The first-order valence-electron chi connectivity index (χ1n) is 3.10. The average molecular weight is 117 g/mol. The predicted molar refractivity (Wildman–Crippen MR) is 34.8 cm³/mol. The molecule has 0 saturated carbocycles. The Balaban J connectivity index is 3.07. The summed E-state index contributed by atoms with van der Waals surface area (Å²) in [6, 6.07) is 0. The van der Waals surface area contributed by atoms with Gasteiger partial charge in [-0.15, -0.1) is 0 Å². The van der Waals surface area contributed by atoms with Gasteiger partial charge < -0.3 is 10.4 Å². The van der Waals surface area contributed by atoms with E-state index in [4.69, 9.17) is 5.11 Å². The van der Waals surface area contributed by atoms with Crippen molar-refractivity contribution in [3.63, 3.8) is 0 Å². The molecular weight excluding hydrogens is 102 g/mol. The minimum Gasteiger partial charge on any atom is -0.396 e. The minimum absolute atomic E-state index is 0.303. The first kappa shape index (κ1) is 7.92. The number of aliphatic hydroxyl groups excluding tert-OH is 1. The van der Waals surface area contributed by atoms with Gasteiger partial charge in [0.15, 0.2) is 0 Å². The van der Waals surface area contributed by atoms with Crippen LogP contribution in [0.2, 0.25) is 0 Å². The molecule has 0 bridgehead atoms. The van der Waals surface area contributed by atoms with Gasteiger partial charge in [-0.05, 0) is 25.9 Å². The van der Waals surface area contributed by atoms with Crippen molar-refractivity contribution >= 4 is 0 Å². The molecule has 0 heterocycles. The molecule has 0 amide bonds. The summed E-state index contributed by atoms with van der Waals surface area (Å²) in [7, 11) is 1.90. The zero-order valence-electron chi connectivity index (χ0n) is 5.65. The molecule has 0 spiro atoms.